The zero-order valence-electron chi connectivity index (χ0n) is 10.4. The van der Waals surface area contributed by atoms with E-state index in [1.165, 1.54) is 37.0 Å². The molecule has 94 valence electrons. The van der Waals surface area contributed by atoms with Gasteiger partial charge in [0, 0.05) is 16.5 Å². The van der Waals surface area contributed by atoms with Gasteiger partial charge in [-0.3, -0.25) is 0 Å². The molecule has 2 heterocycles. The molecule has 3 heteroatoms. The number of morpholine rings is 1. The molecule has 2 fully saturated rings. The molecule has 0 amide bonds. The van der Waals surface area contributed by atoms with Crippen molar-refractivity contribution in [3.63, 3.8) is 0 Å². The molecule has 0 bridgehead atoms. The minimum Gasteiger partial charge on any atom is -0.369 e. The highest BCUT2D eigenvalue weighted by atomic mass is 32.1. The maximum atomic E-state index is 6.18. The van der Waals surface area contributed by atoms with Crippen molar-refractivity contribution in [2.75, 3.05) is 6.61 Å². The van der Waals surface area contributed by atoms with Gasteiger partial charge in [0.15, 0.2) is 0 Å². The Balaban J connectivity index is 1.71. The lowest BCUT2D eigenvalue weighted by atomic mass is 9.80. The molecule has 1 saturated carbocycles. The second-order valence-corrected chi connectivity index (χ2v) is 6.50. The molecule has 17 heavy (non-hydrogen) atoms. The Morgan fingerprint density at radius 2 is 2.18 bits per heavy atom. The van der Waals surface area contributed by atoms with Gasteiger partial charge < -0.3 is 10.1 Å². The molecular formula is C14H21NOS. The first-order valence-electron chi connectivity index (χ1n) is 6.72. The largest absolute Gasteiger partial charge is 0.369 e. The topological polar surface area (TPSA) is 21.3 Å². The second-order valence-electron chi connectivity index (χ2n) is 5.52. The SMILES string of the molecule is CC1NC2(CCCCC2)COC1c1cccs1. The number of hydrogen-bond donors (Lipinski definition) is 1. The molecule has 0 radical (unpaired) electrons. The smallest absolute Gasteiger partial charge is 0.107 e. The maximum absolute atomic E-state index is 6.18. The molecule has 1 aromatic heterocycles. The van der Waals surface area contributed by atoms with Crippen molar-refractivity contribution in [2.24, 2.45) is 0 Å². The Morgan fingerprint density at radius 1 is 1.35 bits per heavy atom. The van der Waals surface area contributed by atoms with E-state index in [2.05, 4.69) is 29.8 Å². The Hall–Kier alpha value is -0.380. The highest BCUT2D eigenvalue weighted by Crippen LogP contribution is 2.37. The first-order valence-corrected chi connectivity index (χ1v) is 7.60. The molecule has 1 aliphatic carbocycles. The minimum absolute atomic E-state index is 0.252. The van der Waals surface area contributed by atoms with Crippen LogP contribution in [0.2, 0.25) is 0 Å². The Kier molecular flexibility index (Phi) is 3.24. The molecule has 2 atom stereocenters. The lowest BCUT2D eigenvalue weighted by molar-refractivity contribution is -0.0699. The molecule has 2 unspecified atom stereocenters. The van der Waals surface area contributed by atoms with Crippen LogP contribution in [-0.4, -0.2) is 18.2 Å². The van der Waals surface area contributed by atoms with E-state index in [-0.39, 0.29) is 11.6 Å². The molecule has 3 rings (SSSR count). The molecular weight excluding hydrogens is 230 g/mol. The van der Waals surface area contributed by atoms with Gasteiger partial charge in [-0.15, -0.1) is 11.3 Å². The zero-order valence-corrected chi connectivity index (χ0v) is 11.3. The standard InChI is InChI=1S/C14H21NOS/c1-11-13(12-6-5-9-17-12)16-10-14(15-11)7-3-2-4-8-14/h5-6,9,11,13,15H,2-4,7-8,10H2,1H3. The fourth-order valence-electron chi connectivity index (χ4n) is 3.29. The zero-order chi connectivity index (χ0) is 11.7. The predicted octanol–water partition coefficient (Wildman–Crippen LogP) is 3.50. The van der Waals surface area contributed by atoms with E-state index in [1.54, 1.807) is 11.3 Å². The summed E-state index contributed by atoms with van der Waals surface area (Å²) in [4.78, 5) is 1.36. The number of ether oxygens (including phenoxy) is 1. The van der Waals surface area contributed by atoms with E-state index >= 15 is 0 Å². The summed E-state index contributed by atoms with van der Waals surface area (Å²) < 4.78 is 6.18. The van der Waals surface area contributed by atoms with Crippen LogP contribution >= 0.6 is 11.3 Å². The molecule has 1 N–H and O–H groups in total. The first-order chi connectivity index (χ1) is 8.29. The van der Waals surface area contributed by atoms with Crippen LogP contribution in [0.3, 0.4) is 0 Å². The molecule has 1 spiro atoms. The van der Waals surface area contributed by atoms with E-state index in [0.717, 1.165) is 6.61 Å². The lowest BCUT2D eigenvalue weighted by Gasteiger charge is -2.46. The summed E-state index contributed by atoms with van der Waals surface area (Å²) in [6.45, 7) is 3.15. The van der Waals surface area contributed by atoms with Crippen LogP contribution in [0.1, 0.15) is 50.0 Å². The van der Waals surface area contributed by atoms with E-state index in [1.807, 2.05) is 0 Å². The van der Waals surface area contributed by atoms with Crippen LogP contribution in [0, 0.1) is 0 Å². The van der Waals surface area contributed by atoms with Gasteiger partial charge in [-0.1, -0.05) is 25.3 Å². The van der Waals surface area contributed by atoms with E-state index in [4.69, 9.17) is 4.74 Å². The monoisotopic (exact) mass is 251 g/mol. The van der Waals surface area contributed by atoms with E-state index in [9.17, 15) is 0 Å². The molecule has 0 aromatic carbocycles. The van der Waals surface area contributed by atoms with Gasteiger partial charge in [0.05, 0.1) is 6.61 Å². The number of thiophene rings is 1. The predicted molar refractivity (Wildman–Crippen MR) is 71.4 cm³/mol. The van der Waals surface area contributed by atoms with Crippen molar-refractivity contribution in [2.45, 2.75) is 56.7 Å². The van der Waals surface area contributed by atoms with Crippen molar-refractivity contribution in [1.82, 2.24) is 5.32 Å². The molecule has 2 aliphatic rings. The van der Waals surface area contributed by atoms with Gasteiger partial charge in [-0.05, 0) is 31.2 Å². The van der Waals surface area contributed by atoms with Crippen LogP contribution in [0.15, 0.2) is 17.5 Å². The highest BCUT2D eigenvalue weighted by Gasteiger charge is 2.40. The van der Waals surface area contributed by atoms with Gasteiger partial charge in [0.25, 0.3) is 0 Å². The summed E-state index contributed by atoms with van der Waals surface area (Å²) >= 11 is 1.80. The van der Waals surface area contributed by atoms with Crippen molar-refractivity contribution >= 4 is 11.3 Å². The number of rotatable bonds is 1. The summed E-state index contributed by atoms with van der Waals surface area (Å²) in [5.41, 5.74) is 0.283. The molecule has 1 aromatic rings. The van der Waals surface area contributed by atoms with Crippen LogP contribution in [0.25, 0.3) is 0 Å². The van der Waals surface area contributed by atoms with Crippen LogP contribution in [0.4, 0.5) is 0 Å². The van der Waals surface area contributed by atoms with Gasteiger partial charge in [0.1, 0.15) is 6.10 Å². The van der Waals surface area contributed by atoms with Crippen LogP contribution < -0.4 is 5.32 Å². The maximum Gasteiger partial charge on any atom is 0.107 e. The van der Waals surface area contributed by atoms with Crippen LogP contribution in [-0.2, 0) is 4.74 Å². The normalized spacial score (nSPS) is 32.8. The van der Waals surface area contributed by atoms with Crippen LogP contribution in [0.5, 0.6) is 0 Å². The fraction of sp³-hybridized carbons (Fsp3) is 0.714. The van der Waals surface area contributed by atoms with Crippen molar-refractivity contribution in [3.8, 4) is 0 Å². The Labute approximate surface area is 107 Å². The Morgan fingerprint density at radius 3 is 2.82 bits per heavy atom. The molecule has 1 aliphatic heterocycles. The van der Waals surface area contributed by atoms with E-state index < -0.39 is 0 Å². The summed E-state index contributed by atoms with van der Waals surface area (Å²) in [7, 11) is 0. The Bertz CT molecular complexity index is 356. The third-order valence-corrected chi connectivity index (χ3v) is 5.10. The summed E-state index contributed by atoms with van der Waals surface area (Å²) in [6, 6.07) is 4.73. The number of hydrogen-bond acceptors (Lipinski definition) is 3. The fourth-order valence-corrected chi connectivity index (χ4v) is 4.17. The first kappa shape index (κ1) is 11.7. The van der Waals surface area contributed by atoms with Crippen molar-refractivity contribution < 1.29 is 4.74 Å². The molecule has 2 nitrogen and oxygen atoms in total. The molecule has 1 saturated heterocycles. The van der Waals surface area contributed by atoms with Crippen molar-refractivity contribution in [3.05, 3.63) is 22.4 Å². The van der Waals surface area contributed by atoms with Gasteiger partial charge >= 0.3 is 0 Å². The average Bonchev–Trinajstić information content (AvgIpc) is 2.83. The quantitative estimate of drug-likeness (QED) is 0.825. The average molecular weight is 251 g/mol. The third-order valence-electron chi connectivity index (χ3n) is 4.16. The number of nitrogens with one attached hydrogen (secondary N) is 1. The van der Waals surface area contributed by atoms with Gasteiger partial charge in [-0.25, -0.2) is 0 Å². The lowest BCUT2D eigenvalue weighted by Crippen LogP contribution is -2.59. The van der Waals surface area contributed by atoms with Gasteiger partial charge in [-0.2, -0.15) is 0 Å². The summed E-state index contributed by atoms with van der Waals surface area (Å²) in [5.74, 6) is 0. The summed E-state index contributed by atoms with van der Waals surface area (Å²) in [6.07, 6.45) is 6.93. The third kappa shape index (κ3) is 2.28. The van der Waals surface area contributed by atoms with E-state index in [0.29, 0.717) is 6.04 Å². The van der Waals surface area contributed by atoms with Crippen molar-refractivity contribution in [1.29, 1.82) is 0 Å². The minimum atomic E-state index is 0.252. The second kappa shape index (κ2) is 4.71. The highest BCUT2D eigenvalue weighted by molar-refractivity contribution is 7.10. The van der Waals surface area contributed by atoms with Gasteiger partial charge in [0.2, 0.25) is 0 Å². The summed E-state index contributed by atoms with van der Waals surface area (Å²) in [5, 5.41) is 5.99.